The van der Waals surface area contributed by atoms with Crippen LogP contribution >= 0.6 is 0 Å². The maximum Gasteiger partial charge on any atom is 0.497 e. The van der Waals surface area contributed by atoms with Crippen LogP contribution in [0.25, 0.3) is 0 Å². The Balaban J connectivity index is 1.47. The fraction of sp³-hybridized carbons (Fsp3) is 0.684. The van der Waals surface area contributed by atoms with E-state index in [0.717, 1.165) is 44.8 Å². The second kappa shape index (κ2) is 5.78. The highest BCUT2D eigenvalue weighted by Gasteiger charge is 2.52. The topological polar surface area (TPSA) is 30.9 Å². The number of rotatable bonds is 3. The SMILES string of the molecule is CC1(C)OB(c2cc(CN3CC4(CCOC4)C3)ccc2F)OC1(C)C. The standard InChI is InChI=1S/C19H27BFNO3/c1-17(2)18(3,4)25-20(24-17)15-9-14(5-6-16(15)21)10-22-11-19(12-22)7-8-23-13-19/h5-6,9H,7-8,10-13H2,1-4H3. The number of halogens is 1. The Kier molecular flexibility index (Phi) is 4.04. The van der Waals surface area contributed by atoms with Crippen LogP contribution in [-0.4, -0.2) is 49.5 Å². The number of benzene rings is 1. The molecule has 1 aromatic rings. The lowest BCUT2D eigenvalue weighted by Gasteiger charge is -2.47. The van der Waals surface area contributed by atoms with Crippen LogP contribution in [0.4, 0.5) is 4.39 Å². The van der Waals surface area contributed by atoms with E-state index in [9.17, 15) is 4.39 Å². The highest BCUT2D eigenvalue weighted by atomic mass is 19.1. The van der Waals surface area contributed by atoms with Gasteiger partial charge in [0.2, 0.25) is 0 Å². The minimum absolute atomic E-state index is 0.272. The second-order valence-corrected chi connectivity index (χ2v) is 8.89. The molecule has 3 aliphatic rings. The van der Waals surface area contributed by atoms with E-state index in [-0.39, 0.29) is 5.82 Å². The predicted molar refractivity (Wildman–Crippen MR) is 95.3 cm³/mol. The zero-order valence-electron chi connectivity index (χ0n) is 15.6. The molecule has 0 saturated carbocycles. The minimum Gasteiger partial charge on any atom is -0.399 e. The van der Waals surface area contributed by atoms with E-state index in [1.807, 2.05) is 39.8 Å². The average Bonchev–Trinajstić information content (AvgIpc) is 3.04. The van der Waals surface area contributed by atoms with Crippen LogP contribution in [0.3, 0.4) is 0 Å². The number of nitrogens with zero attached hydrogens (tertiary/aromatic N) is 1. The van der Waals surface area contributed by atoms with Gasteiger partial charge in [-0.25, -0.2) is 4.39 Å². The molecule has 3 aliphatic heterocycles. The van der Waals surface area contributed by atoms with Crippen molar-refractivity contribution in [3.05, 3.63) is 29.6 Å². The Morgan fingerprint density at radius 1 is 1.12 bits per heavy atom. The van der Waals surface area contributed by atoms with Gasteiger partial charge in [0, 0.05) is 37.1 Å². The average molecular weight is 347 g/mol. The van der Waals surface area contributed by atoms with Crippen molar-refractivity contribution in [2.24, 2.45) is 5.41 Å². The van der Waals surface area contributed by atoms with E-state index in [1.165, 1.54) is 6.07 Å². The Hall–Kier alpha value is -0.945. The molecule has 0 aliphatic carbocycles. The van der Waals surface area contributed by atoms with Crippen molar-refractivity contribution in [2.75, 3.05) is 26.3 Å². The lowest BCUT2D eigenvalue weighted by Crippen LogP contribution is -2.56. The van der Waals surface area contributed by atoms with Gasteiger partial charge in [0.05, 0.1) is 17.8 Å². The maximum atomic E-state index is 14.4. The summed E-state index contributed by atoms with van der Waals surface area (Å²) in [5.74, 6) is -0.272. The number of hydrogen-bond donors (Lipinski definition) is 0. The summed E-state index contributed by atoms with van der Waals surface area (Å²) in [7, 11) is -0.657. The molecule has 4 nitrogen and oxygen atoms in total. The first-order valence-electron chi connectivity index (χ1n) is 9.14. The van der Waals surface area contributed by atoms with E-state index in [1.54, 1.807) is 0 Å². The van der Waals surface area contributed by atoms with E-state index in [2.05, 4.69) is 4.90 Å². The Morgan fingerprint density at radius 3 is 2.40 bits per heavy atom. The van der Waals surface area contributed by atoms with Gasteiger partial charge in [0.25, 0.3) is 0 Å². The molecule has 0 atom stereocenters. The highest BCUT2D eigenvalue weighted by Crippen LogP contribution is 2.39. The summed E-state index contributed by atoms with van der Waals surface area (Å²) < 4.78 is 32.0. The first-order chi connectivity index (χ1) is 11.7. The summed E-state index contributed by atoms with van der Waals surface area (Å²) in [4.78, 5) is 2.40. The molecule has 4 rings (SSSR count). The Labute approximate surface area is 149 Å². The summed E-state index contributed by atoms with van der Waals surface area (Å²) >= 11 is 0. The molecule has 1 spiro atoms. The lowest BCUT2D eigenvalue weighted by molar-refractivity contribution is -0.0123. The maximum absolute atomic E-state index is 14.4. The van der Waals surface area contributed by atoms with Gasteiger partial charge < -0.3 is 14.0 Å². The summed E-state index contributed by atoms with van der Waals surface area (Å²) in [5.41, 5.74) is 1.03. The molecular weight excluding hydrogens is 320 g/mol. The van der Waals surface area contributed by atoms with Gasteiger partial charge in [-0.2, -0.15) is 0 Å². The normalized spacial score (nSPS) is 27.0. The van der Waals surface area contributed by atoms with Gasteiger partial charge in [0.15, 0.2) is 0 Å². The fourth-order valence-corrected chi connectivity index (χ4v) is 4.01. The predicted octanol–water partition coefficient (Wildman–Crippen LogP) is 2.35. The summed E-state index contributed by atoms with van der Waals surface area (Å²) in [6, 6.07) is 5.29. The van der Waals surface area contributed by atoms with Crippen LogP contribution in [0.5, 0.6) is 0 Å². The van der Waals surface area contributed by atoms with Crippen LogP contribution < -0.4 is 5.46 Å². The quantitative estimate of drug-likeness (QED) is 0.786. The zero-order valence-corrected chi connectivity index (χ0v) is 15.6. The number of ether oxygens (including phenoxy) is 1. The molecule has 1 aromatic carbocycles. The van der Waals surface area contributed by atoms with Crippen LogP contribution in [0, 0.1) is 11.2 Å². The largest absolute Gasteiger partial charge is 0.497 e. The van der Waals surface area contributed by atoms with Crippen molar-refractivity contribution >= 4 is 12.6 Å². The van der Waals surface area contributed by atoms with Crippen LogP contribution in [0.15, 0.2) is 18.2 Å². The van der Waals surface area contributed by atoms with E-state index < -0.39 is 18.3 Å². The first-order valence-corrected chi connectivity index (χ1v) is 9.14. The zero-order chi connectivity index (χ0) is 17.9. The Morgan fingerprint density at radius 2 is 1.80 bits per heavy atom. The second-order valence-electron chi connectivity index (χ2n) is 8.89. The van der Waals surface area contributed by atoms with Crippen molar-refractivity contribution < 1.29 is 18.4 Å². The van der Waals surface area contributed by atoms with Crippen molar-refractivity contribution in [3.63, 3.8) is 0 Å². The van der Waals surface area contributed by atoms with Gasteiger partial charge in [0.1, 0.15) is 5.82 Å². The molecule has 6 heteroatoms. The van der Waals surface area contributed by atoms with Crippen LogP contribution in [0.2, 0.25) is 0 Å². The third-order valence-corrected chi connectivity index (χ3v) is 6.28. The summed E-state index contributed by atoms with van der Waals surface area (Å²) in [6.07, 6.45) is 1.16. The molecule has 0 N–H and O–H groups in total. The van der Waals surface area contributed by atoms with Crippen LogP contribution in [0.1, 0.15) is 39.7 Å². The van der Waals surface area contributed by atoms with Crippen molar-refractivity contribution in [3.8, 4) is 0 Å². The molecule has 3 fully saturated rings. The third kappa shape index (κ3) is 3.03. The van der Waals surface area contributed by atoms with E-state index >= 15 is 0 Å². The summed E-state index contributed by atoms with van der Waals surface area (Å²) in [5, 5.41) is 0. The molecule has 0 bridgehead atoms. The van der Waals surface area contributed by atoms with Gasteiger partial charge in [-0.1, -0.05) is 12.1 Å². The molecule has 0 amide bonds. The van der Waals surface area contributed by atoms with Gasteiger partial charge >= 0.3 is 7.12 Å². The smallest absolute Gasteiger partial charge is 0.399 e. The van der Waals surface area contributed by atoms with E-state index in [0.29, 0.717) is 10.9 Å². The van der Waals surface area contributed by atoms with Crippen molar-refractivity contribution in [1.82, 2.24) is 4.90 Å². The molecule has 0 unspecified atom stereocenters. The van der Waals surface area contributed by atoms with Gasteiger partial charge in [-0.15, -0.1) is 0 Å². The molecular formula is C19H27BFNO3. The fourth-order valence-electron chi connectivity index (χ4n) is 4.01. The summed E-state index contributed by atoms with van der Waals surface area (Å²) in [6.45, 7) is 12.7. The molecule has 3 heterocycles. The van der Waals surface area contributed by atoms with E-state index in [4.69, 9.17) is 14.0 Å². The molecule has 3 saturated heterocycles. The van der Waals surface area contributed by atoms with Gasteiger partial charge in [-0.05, 0) is 45.7 Å². The highest BCUT2D eigenvalue weighted by molar-refractivity contribution is 6.62. The first kappa shape index (κ1) is 17.5. The monoisotopic (exact) mass is 347 g/mol. The molecule has 0 aromatic heterocycles. The molecule has 0 radical (unpaired) electrons. The molecule has 136 valence electrons. The lowest BCUT2D eigenvalue weighted by atomic mass is 9.77. The Bertz CT molecular complexity index is 649. The third-order valence-electron chi connectivity index (χ3n) is 6.28. The molecule has 25 heavy (non-hydrogen) atoms. The minimum atomic E-state index is -0.657. The van der Waals surface area contributed by atoms with Crippen LogP contribution in [-0.2, 0) is 20.6 Å². The number of likely N-dealkylation sites (tertiary alicyclic amines) is 1. The van der Waals surface area contributed by atoms with Crippen molar-refractivity contribution in [1.29, 1.82) is 0 Å². The number of hydrogen-bond acceptors (Lipinski definition) is 4. The van der Waals surface area contributed by atoms with Gasteiger partial charge in [-0.3, -0.25) is 4.90 Å². The van der Waals surface area contributed by atoms with Crippen molar-refractivity contribution in [2.45, 2.75) is 51.9 Å².